The predicted molar refractivity (Wildman–Crippen MR) is 103 cm³/mol. The molecule has 0 heterocycles. The lowest BCUT2D eigenvalue weighted by atomic mass is 10.1. The van der Waals surface area contributed by atoms with Crippen LogP contribution in [0.5, 0.6) is 5.75 Å². The van der Waals surface area contributed by atoms with Gasteiger partial charge in [0.05, 0.1) is 0 Å². The van der Waals surface area contributed by atoms with Gasteiger partial charge in [-0.15, -0.1) is 0 Å². The van der Waals surface area contributed by atoms with Gasteiger partial charge in [-0.1, -0.05) is 32.0 Å². The highest BCUT2D eigenvalue weighted by Crippen LogP contribution is 2.16. The number of benzene rings is 2. The highest BCUT2D eigenvalue weighted by Gasteiger charge is 2.09. The van der Waals surface area contributed by atoms with Gasteiger partial charge in [0.1, 0.15) is 5.75 Å². The summed E-state index contributed by atoms with van der Waals surface area (Å²) >= 11 is 0. The van der Waals surface area contributed by atoms with Crippen LogP contribution in [0.15, 0.2) is 48.5 Å². The lowest BCUT2D eigenvalue weighted by molar-refractivity contribution is -0.131. The largest absolute Gasteiger partial charge is 0.427 e. The van der Waals surface area contributed by atoms with E-state index >= 15 is 0 Å². The summed E-state index contributed by atoms with van der Waals surface area (Å²) < 4.78 is 4.99. The quantitative estimate of drug-likeness (QED) is 0.578. The van der Waals surface area contributed by atoms with Gasteiger partial charge in [-0.25, -0.2) is 0 Å². The summed E-state index contributed by atoms with van der Waals surface area (Å²) in [5, 5.41) is 5.66. The average molecular weight is 368 g/mol. The summed E-state index contributed by atoms with van der Waals surface area (Å²) in [6.07, 6.45) is 0.501. The molecule has 0 aliphatic carbocycles. The fourth-order valence-corrected chi connectivity index (χ4v) is 2.42. The molecule has 2 aromatic rings. The second-order valence-corrected chi connectivity index (χ2v) is 6.65. The molecule has 2 aromatic carbocycles. The van der Waals surface area contributed by atoms with Crippen molar-refractivity contribution in [3.8, 4) is 5.75 Å². The maximum Gasteiger partial charge on any atom is 0.308 e. The minimum Gasteiger partial charge on any atom is -0.427 e. The number of carbonyl (C=O) groups is 3. The molecule has 6 heteroatoms. The van der Waals surface area contributed by atoms with E-state index in [-0.39, 0.29) is 11.8 Å². The van der Waals surface area contributed by atoms with Crippen molar-refractivity contribution in [2.24, 2.45) is 5.92 Å². The fraction of sp³-hybridized carbons (Fsp3) is 0.286. The third-order valence-electron chi connectivity index (χ3n) is 3.65. The van der Waals surface area contributed by atoms with Crippen LogP contribution in [0.4, 0.5) is 5.69 Å². The number of amides is 2. The maximum absolute atomic E-state index is 12.3. The van der Waals surface area contributed by atoms with Crippen molar-refractivity contribution in [2.75, 3.05) is 5.32 Å². The third kappa shape index (κ3) is 6.93. The molecule has 0 aliphatic rings. The first kappa shape index (κ1) is 20.2. The van der Waals surface area contributed by atoms with Crippen molar-refractivity contribution in [2.45, 2.75) is 33.7 Å². The van der Waals surface area contributed by atoms with Crippen LogP contribution in [0.3, 0.4) is 0 Å². The molecule has 0 aliphatic heterocycles. The van der Waals surface area contributed by atoms with Crippen LogP contribution in [0.2, 0.25) is 0 Å². The van der Waals surface area contributed by atoms with Crippen molar-refractivity contribution in [1.29, 1.82) is 0 Å². The van der Waals surface area contributed by atoms with E-state index in [0.717, 1.165) is 5.56 Å². The normalized spacial score (nSPS) is 10.4. The zero-order valence-corrected chi connectivity index (χ0v) is 15.7. The molecule has 0 saturated carbocycles. The first-order valence-electron chi connectivity index (χ1n) is 8.79. The van der Waals surface area contributed by atoms with Crippen LogP contribution in [0, 0.1) is 5.92 Å². The topological polar surface area (TPSA) is 84.5 Å². The summed E-state index contributed by atoms with van der Waals surface area (Å²) in [7, 11) is 0. The zero-order chi connectivity index (χ0) is 19.8. The van der Waals surface area contributed by atoms with Crippen molar-refractivity contribution in [3.05, 3.63) is 59.7 Å². The van der Waals surface area contributed by atoms with Crippen LogP contribution >= 0.6 is 0 Å². The molecule has 2 N–H and O–H groups in total. The molecule has 0 bridgehead atoms. The Labute approximate surface area is 158 Å². The summed E-state index contributed by atoms with van der Waals surface area (Å²) in [5.74, 6) is -0.0785. The van der Waals surface area contributed by atoms with Crippen molar-refractivity contribution < 1.29 is 19.1 Å². The van der Waals surface area contributed by atoms with Crippen LogP contribution in [-0.2, 0) is 16.1 Å². The second kappa shape index (κ2) is 9.52. The van der Waals surface area contributed by atoms with Crippen molar-refractivity contribution in [1.82, 2.24) is 5.32 Å². The standard InChI is InChI=1S/C21H24N2O4/c1-14(2)11-20(25)22-13-16-7-9-18(10-8-16)23-21(26)17-5-4-6-19(12-17)27-15(3)24/h4-10,12,14H,11,13H2,1-3H3,(H,22,25)(H,23,26). The van der Waals surface area contributed by atoms with E-state index in [9.17, 15) is 14.4 Å². The highest BCUT2D eigenvalue weighted by atomic mass is 16.5. The van der Waals surface area contributed by atoms with E-state index in [4.69, 9.17) is 4.74 Å². The van der Waals surface area contributed by atoms with Gasteiger partial charge >= 0.3 is 5.97 Å². The van der Waals surface area contributed by atoms with Gasteiger partial charge in [0.2, 0.25) is 5.91 Å². The van der Waals surface area contributed by atoms with Gasteiger partial charge in [-0.05, 0) is 41.8 Å². The van der Waals surface area contributed by atoms with Crippen molar-refractivity contribution >= 4 is 23.5 Å². The first-order chi connectivity index (χ1) is 12.8. The maximum atomic E-state index is 12.3. The van der Waals surface area contributed by atoms with E-state index in [1.807, 2.05) is 26.0 Å². The molecule has 2 rings (SSSR count). The van der Waals surface area contributed by atoms with E-state index < -0.39 is 5.97 Å². The molecular formula is C21H24N2O4. The zero-order valence-electron chi connectivity index (χ0n) is 15.7. The van der Waals surface area contributed by atoms with Crippen LogP contribution in [0.25, 0.3) is 0 Å². The Kier molecular flexibility index (Phi) is 7.11. The molecule has 0 spiro atoms. The number of anilines is 1. The van der Waals surface area contributed by atoms with E-state index in [2.05, 4.69) is 10.6 Å². The van der Waals surface area contributed by atoms with Crippen LogP contribution < -0.4 is 15.4 Å². The van der Waals surface area contributed by atoms with Gasteiger partial charge < -0.3 is 15.4 Å². The molecule has 0 saturated heterocycles. The number of rotatable bonds is 7. The van der Waals surface area contributed by atoms with Crippen LogP contribution in [0.1, 0.15) is 43.1 Å². The Bertz CT molecular complexity index is 813. The molecule has 6 nitrogen and oxygen atoms in total. The molecule has 0 aromatic heterocycles. The number of esters is 1. The molecule has 2 amide bonds. The number of ether oxygens (including phenoxy) is 1. The number of hydrogen-bond acceptors (Lipinski definition) is 4. The summed E-state index contributed by atoms with van der Waals surface area (Å²) in [6, 6.07) is 13.7. The SMILES string of the molecule is CC(=O)Oc1cccc(C(=O)Nc2ccc(CNC(=O)CC(C)C)cc2)c1. The molecule has 27 heavy (non-hydrogen) atoms. The smallest absolute Gasteiger partial charge is 0.308 e. The molecule has 0 fully saturated rings. The lowest BCUT2D eigenvalue weighted by Crippen LogP contribution is -2.23. The van der Waals surface area contributed by atoms with Gasteiger partial charge in [0.15, 0.2) is 0 Å². The molecule has 0 atom stereocenters. The molecule has 0 unspecified atom stereocenters. The van der Waals surface area contributed by atoms with E-state index in [1.165, 1.54) is 13.0 Å². The van der Waals surface area contributed by atoms with Crippen molar-refractivity contribution in [3.63, 3.8) is 0 Å². The van der Waals surface area contributed by atoms with Gasteiger partial charge in [-0.3, -0.25) is 14.4 Å². The minimum absolute atomic E-state index is 0.0232. The van der Waals surface area contributed by atoms with Crippen LogP contribution in [-0.4, -0.2) is 17.8 Å². The Morgan fingerprint density at radius 1 is 1.04 bits per heavy atom. The minimum atomic E-state index is -0.441. The average Bonchev–Trinajstić information content (AvgIpc) is 2.60. The van der Waals surface area contributed by atoms with E-state index in [0.29, 0.717) is 35.9 Å². The molecule has 142 valence electrons. The number of nitrogens with one attached hydrogen (secondary N) is 2. The van der Waals surface area contributed by atoms with Gasteiger partial charge in [0, 0.05) is 31.1 Å². The third-order valence-corrected chi connectivity index (χ3v) is 3.65. The fourth-order valence-electron chi connectivity index (χ4n) is 2.42. The lowest BCUT2D eigenvalue weighted by Gasteiger charge is -2.09. The molecule has 0 radical (unpaired) electrons. The molecular weight excluding hydrogens is 344 g/mol. The number of hydrogen-bond donors (Lipinski definition) is 2. The second-order valence-electron chi connectivity index (χ2n) is 6.65. The summed E-state index contributed by atoms with van der Waals surface area (Å²) in [6.45, 7) is 5.75. The van der Waals surface area contributed by atoms with Gasteiger partial charge in [0.25, 0.3) is 5.91 Å². The summed E-state index contributed by atoms with van der Waals surface area (Å²) in [5.41, 5.74) is 1.97. The monoisotopic (exact) mass is 368 g/mol. The Morgan fingerprint density at radius 2 is 1.74 bits per heavy atom. The predicted octanol–water partition coefficient (Wildman–Crippen LogP) is 3.53. The Balaban J connectivity index is 1.93. The Hall–Kier alpha value is -3.15. The number of carbonyl (C=O) groups excluding carboxylic acids is 3. The first-order valence-corrected chi connectivity index (χ1v) is 8.79. The Morgan fingerprint density at radius 3 is 2.37 bits per heavy atom. The van der Waals surface area contributed by atoms with E-state index in [1.54, 1.807) is 30.3 Å². The highest BCUT2D eigenvalue weighted by molar-refractivity contribution is 6.04. The summed E-state index contributed by atoms with van der Waals surface area (Å²) in [4.78, 5) is 35.1. The van der Waals surface area contributed by atoms with Gasteiger partial charge in [-0.2, -0.15) is 0 Å².